The minimum absolute atomic E-state index is 0.00425. The maximum absolute atomic E-state index is 12.7. The van der Waals surface area contributed by atoms with Gasteiger partial charge in [-0.2, -0.15) is 11.8 Å². The van der Waals surface area contributed by atoms with Crippen LogP contribution in [0.5, 0.6) is 0 Å². The molecule has 0 fully saturated rings. The third-order valence-electron chi connectivity index (χ3n) is 4.68. The summed E-state index contributed by atoms with van der Waals surface area (Å²) in [6, 6.07) is 17.6. The van der Waals surface area contributed by atoms with E-state index >= 15 is 0 Å². The van der Waals surface area contributed by atoms with Crippen LogP contribution in [0.25, 0.3) is 0 Å². The molecule has 0 spiro atoms. The molecule has 2 unspecified atom stereocenters. The fourth-order valence-corrected chi connectivity index (χ4v) is 4.92. The van der Waals surface area contributed by atoms with Gasteiger partial charge in [0, 0.05) is 27.3 Å². The lowest BCUT2D eigenvalue weighted by atomic mass is 10.1. The monoisotopic (exact) mass is 397 g/mol. The molecule has 0 radical (unpaired) electrons. The van der Waals surface area contributed by atoms with E-state index < -0.39 is 11.9 Å². The first-order valence-electron chi connectivity index (χ1n) is 8.60. The van der Waals surface area contributed by atoms with Crippen LogP contribution in [-0.2, 0) is 0 Å². The lowest BCUT2D eigenvalue weighted by Crippen LogP contribution is -2.47. The molecule has 0 saturated heterocycles. The number of rotatable bonds is 4. The van der Waals surface area contributed by atoms with Crippen LogP contribution in [0.2, 0.25) is 0 Å². The molecule has 1 aromatic heterocycles. The second-order valence-electron chi connectivity index (χ2n) is 6.25. The van der Waals surface area contributed by atoms with Crippen LogP contribution in [0, 0.1) is 0 Å². The molecule has 2 atom stereocenters. The summed E-state index contributed by atoms with van der Waals surface area (Å²) in [6.07, 6.45) is 2.94. The van der Waals surface area contributed by atoms with Crippen molar-refractivity contribution in [1.82, 2.24) is 9.55 Å². The number of nitrogens with zero attached hydrogens (tertiary/aromatic N) is 2. The molecule has 3 aromatic rings. The summed E-state index contributed by atoms with van der Waals surface area (Å²) < 4.78 is 1.32. The number of para-hydroxylation sites is 2. The summed E-state index contributed by atoms with van der Waals surface area (Å²) in [7, 11) is 0. The Hall–Kier alpha value is -2.38. The molecule has 0 bridgehead atoms. The van der Waals surface area contributed by atoms with Crippen molar-refractivity contribution in [3.63, 3.8) is 0 Å². The third-order valence-corrected chi connectivity index (χ3v) is 6.80. The Labute approximate surface area is 165 Å². The Morgan fingerprint density at radius 3 is 2.11 bits per heavy atom. The van der Waals surface area contributed by atoms with Gasteiger partial charge in [0.05, 0.1) is 11.4 Å². The summed E-state index contributed by atoms with van der Waals surface area (Å²) in [5, 5.41) is -0.00425. The van der Waals surface area contributed by atoms with Crippen LogP contribution in [-0.4, -0.2) is 21.1 Å². The number of aromatic nitrogens is 2. The number of fused-ring (bicyclic) bond motifs is 2. The molecule has 0 aliphatic carbocycles. The number of nitrogens with one attached hydrogen (secondary N) is 1. The number of hydrogen-bond donors (Lipinski definition) is 1. The van der Waals surface area contributed by atoms with Gasteiger partial charge in [-0.25, -0.2) is 9.36 Å². The lowest BCUT2D eigenvalue weighted by molar-refractivity contribution is 0.464. The predicted octanol–water partition coefficient (Wildman–Crippen LogP) is 4.09. The smallest absolute Gasteiger partial charge is 0.317 e. The van der Waals surface area contributed by atoms with Gasteiger partial charge < -0.3 is 9.88 Å². The van der Waals surface area contributed by atoms with Gasteiger partial charge in [-0.3, -0.25) is 4.79 Å². The van der Waals surface area contributed by atoms with E-state index in [1.54, 1.807) is 23.5 Å². The van der Waals surface area contributed by atoms with Crippen LogP contribution in [0.3, 0.4) is 0 Å². The molecular formula is C20H19N3O2S2. The highest BCUT2D eigenvalue weighted by Gasteiger charge is 2.34. The molecule has 2 heterocycles. The number of benzene rings is 2. The quantitative estimate of drug-likeness (QED) is 0.719. The molecule has 1 N–H and O–H groups in total. The van der Waals surface area contributed by atoms with Crippen molar-refractivity contribution in [2.45, 2.75) is 28.1 Å². The van der Waals surface area contributed by atoms with Gasteiger partial charge in [-0.15, -0.1) is 0 Å². The first kappa shape index (κ1) is 18.0. The molecule has 4 rings (SSSR count). The summed E-state index contributed by atoms with van der Waals surface area (Å²) in [4.78, 5) is 32.3. The molecule has 1 aliphatic rings. The van der Waals surface area contributed by atoms with Gasteiger partial charge in [0.15, 0.2) is 0 Å². The second-order valence-corrected chi connectivity index (χ2v) is 8.55. The van der Waals surface area contributed by atoms with E-state index in [-0.39, 0.29) is 10.8 Å². The van der Waals surface area contributed by atoms with E-state index in [0.717, 1.165) is 21.2 Å². The van der Waals surface area contributed by atoms with Crippen molar-refractivity contribution < 1.29 is 0 Å². The second kappa shape index (κ2) is 7.32. The maximum Gasteiger partial charge on any atom is 0.330 e. The lowest BCUT2D eigenvalue weighted by Gasteiger charge is -2.41. The molecule has 7 heteroatoms. The average Bonchev–Trinajstić information content (AvgIpc) is 2.69. The van der Waals surface area contributed by atoms with Crippen molar-refractivity contribution in [2.24, 2.45) is 0 Å². The van der Waals surface area contributed by atoms with Crippen LogP contribution in [0.4, 0.5) is 11.4 Å². The molecular weight excluding hydrogens is 378 g/mol. The zero-order valence-corrected chi connectivity index (χ0v) is 16.6. The van der Waals surface area contributed by atoms with Gasteiger partial charge >= 0.3 is 5.69 Å². The zero-order chi connectivity index (χ0) is 19.0. The van der Waals surface area contributed by atoms with Crippen molar-refractivity contribution in [3.05, 3.63) is 81.6 Å². The molecule has 5 nitrogen and oxygen atoms in total. The normalized spacial score (nSPS) is 15.0. The Bertz CT molecular complexity index is 1020. The highest BCUT2D eigenvalue weighted by molar-refractivity contribution is 7.99. The van der Waals surface area contributed by atoms with Crippen molar-refractivity contribution in [2.75, 3.05) is 11.2 Å². The van der Waals surface area contributed by atoms with E-state index in [1.807, 2.05) is 49.6 Å². The highest BCUT2D eigenvalue weighted by Crippen LogP contribution is 2.51. The maximum atomic E-state index is 12.7. The standard InChI is InChI=1S/C20H19N3O2S2/c1-13(26-2)19(23-18(24)11-12-21-20(23)25)22-14-7-3-5-9-16(14)27-17-10-6-4-8-15(17)22/h3-13,19H,1-2H3,(H,21,25). The summed E-state index contributed by atoms with van der Waals surface area (Å²) in [5.74, 6) is 0. The Kier molecular flexibility index (Phi) is 4.88. The Morgan fingerprint density at radius 1 is 0.963 bits per heavy atom. The molecule has 1 aliphatic heterocycles. The van der Waals surface area contributed by atoms with E-state index in [2.05, 4.69) is 22.0 Å². The molecule has 2 aromatic carbocycles. The minimum atomic E-state index is -0.458. The summed E-state index contributed by atoms with van der Waals surface area (Å²) in [5.41, 5.74) is 1.30. The van der Waals surface area contributed by atoms with Crippen molar-refractivity contribution in [3.8, 4) is 0 Å². The topological polar surface area (TPSA) is 58.1 Å². The molecule has 0 saturated carbocycles. The molecule has 27 heavy (non-hydrogen) atoms. The number of thioether (sulfide) groups is 1. The van der Waals surface area contributed by atoms with Crippen molar-refractivity contribution >= 4 is 34.9 Å². The van der Waals surface area contributed by atoms with Crippen LogP contribution in [0.1, 0.15) is 13.1 Å². The fraction of sp³-hybridized carbons (Fsp3) is 0.200. The van der Waals surface area contributed by atoms with E-state index in [9.17, 15) is 9.59 Å². The van der Waals surface area contributed by atoms with Crippen LogP contribution >= 0.6 is 23.5 Å². The van der Waals surface area contributed by atoms with Crippen LogP contribution in [0.15, 0.2) is 80.2 Å². The van der Waals surface area contributed by atoms with Gasteiger partial charge in [0.1, 0.15) is 6.17 Å². The van der Waals surface area contributed by atoms with E-state index in [0.29, 0.717) is 0 Å². The van der Waals surface area contributed by atoms with Crippen molar-refractivity contribution in [1.29, 1.82) is 0 Å². The summed E-state index contributed by atoms with van der Waals surface area (Å²) in [6.45, 7) is 2.04. The Balaban J connectivity index is 2.01. The number of H-pyrrole nitrogens is 1. The molecule has 138 valence electrons. The van der Waals surface area contributed by atoms with Gasteiger partial charge in [-0.05, 0) is 37.4 Å². The number of aromatic amines is 1. The van der Waals surface area contributed by atoms with Gasteiger partial charge in [0.2, 0.25) is 0 Å². The van der Waals surface area contributed by atoms with Crippen LogP contribution < -0.4 is 16.1 Å². The summed E-state index contributed by atoms with van der Waals surface area (Å²) >= 11 is 3.33. The van der Waals surface area contributed by atoms with Gasteiger partial charge in [-0.1, -0.05) is 36.0 Å². The SMILES string of the molecule is CSC(C)C(N1c2ccccc2Sc2ccccc21)n1c(=O)cc[nH]c1=O. The van der Waals surface area contributed by atoms with Gasteiger partial charge in [0.25, 0.3) is 5.56 Å². The minimum Gasteiger partial charge on any atom is -0.317 e. The molecule has 0 amide bonds. The van der Waals surface area contributed by atoms with E-state index in [4.69, 9.17) is 0 Å². The Morgan fingerprint density at radius 2 is 1.56 bits per heavy atom. The fourth-order valence-electron chi connectivity index (χ4n) is 3.36. The van der Waals surface area contributed by atoms with E-state index in [1.165, 1.54) is 16.8 Å². The largest absolute Gasteiger partial charge is 0.330 e. The highest BCUT2D eigenvalue weighted by atomic mass is 32.2. The average molecular weight is 398 g/mol. The first-order chi connectivity index (χ1) is 13.1. The number of hydrogen-bond acceptors (Lipinski definition) is 5. The number of anilines is 2. The predicted molar refractivity (Wildman–Crippen MR) is 112 cm³/mol. The third kappa shape index (κ3) is 3.11. The zero-order valence-electron chi connectivity index (χ0n) is 15.0. The first-order valence-corrected chi connectivity index (χ1v) is 10.7.